The minimum atomic E-state index is -1.00. The number of alkyl halides is 1. The van der Waals surface area contributed by atoms with E-state index in [0.717, 1.165) is 4.47 Å². The van der Waals surface area contributed by atoms with E-state index in [4.69, 9.17) is 1.37 Å². The van der Waals surface area contributed by atoms with E-state index in [2.05, 4.69) is 326 Å². The molecule has 0 bridgehead atoms. The second-order valence-electron chi connectivity index (χ2n) is 23.8. The summed E-state index contributed by atoms with van der Waals surface area (Å²) in [4.78, 5) is 0. The van der Waals surface area contributed by atoms with Crippen LogP contribution in [0.1, 0.15) is 51.3 Å². The van der Waals surface area contributed by atoms with Crippen molar-refractivity contribution in [1.29, 1.82) is 0 Å². The monoisotopic (exact) mass is 1190 g/mol. The van der Waals surface area contributed by atoms with Gasteiger partial charge in [-0.1, -0.05) is 195 Å². The Bertz CT molecular complexity index is 5520. The minimum absolute atomic E-state index is 0.113. The molecule has 0 atom stereocenters. The van der Waals surface area contributed by atoms with Gasteiger partial charge in [0.25, 0.3) is 0 Å². The van der Waals surface area contributed by atoms with E-state index in [9.17, 15) is 4.39 Å². The van der Waals surface area contributed by atoms with Gasteiger partial charge in [-0.3, -0.25) is 4.39 Å². The van der Waals surface area contributed by atoms with Crippen molar-refractivity contribution >= 4 is 145 Å². The van der Waals surface area contributed by atoms with Crippen LogP contribution in [0.5, 0.6) is 0 Å². The second-order valence-corrected chi connectivity index (χ2v) is 24.9. The van der Waals surface area contributed by atoms with Crippen molar-refractivity contribution in [2.75, 3.05) is 7.15 Å². The van der Waals surface area contributed by atoms with Crippen LogP contribution in [0.2, 0.25) is 0 Å². The Morgan fingerprint density at radius 3 is 1.00 bits per heavy atom. The van der Waals surface area contributed by atoms with Crippen LogP contribution in [0.25, 0.3) is 142 Å². The first kappa shape index (κ1) is 52.4. The molecule has 18 rings (SSSR count). The normalized spacial score (nSPS) is 13.5. The summed E-state index contributed by atoms with van der Waals surface area (Å²) < 4.78 is 24.2. The van der Waals surface area contributed by atoms with Crippen LogP contribution in [0.15, 0.2) is 257 Å². The standard InChI is InChI=1S/C39H26BrN.C39H27N.CH3F.BHNS/c1-39(2)35-21-30-28-15-9-7-13-26(28)25-12-6-8-14-27(25)29(30)19-31(35)32-20-34-33-18-23(40)16-17-37(33)41(38(34)22-36(32)39)24-10-4-3-5-11-24;1-39(2)35-22-31-28-17-9-7-15-26(28)25-14-6-8-16-27(25)30(31)20-32(35)33-21-34-29-18-10-11-19-37(29)40(38(34)23-36(33)39)24-12-4-3-5-13-24;1-2;1-2-3/h3-22H,1-2H3;3-23H,1-2H3;1H3;3H/i;;1D;. The molecule has 3 nitrogen and oxygen atoms in total. The summed E-state index contributed by atoms with van der Waals surface area (Å²) >= 11 is 6.94. The molecule has 2 aliphatic rings. The Hall–Kier alpha value is -9.14. The number of nitrogens with zero attached hydrogens (tertiary/aromatic N) is 3. The SMILES string of the molecule is CC1(C)c2cc3c4ccccc4c4ccccc4c3cc2-c2cc3c4cc(Br)ccc4n(-c4ccccc4)c3cc21.CC1(C)c2cc3c4ccccc4c4ccccc4c3cc2-c2cc3c4ccccc4n(-c4ccccc4)c3cc21.[2H]CF.[B]=NS. The summed E-state index contributed by atoms with van der Waals surface area (Å²) in [6.45, 7) is 9.58. The summed E-state index contributed by atoms with van der Waals surface area (Å²) in [7, 11) is 3.34. The number of aromatic nitrogens is 2. The third kappa shape index (κ3) is 7.94. The molecule has 2 heterocycles. The number of benzene rings is 14. The molecule has 0 spiro atoms. The average Bonchev–Trinajstić information content (AvgIpc) is 1.60. The molecule has 1 radical (unpaired) electrons. The maximum atomic E-state index is 9.96. The van der Waals surface area contributed by atoms with Gasteiger partial charge in [0.05, 0.1) is 30.6 Å². The molecule has 86 heavy (non-hydrogen) atoms. The molecule has 0 N–H and O–H groups in total. The Balaban J connectivity index is 0.000000135. The summed E-state index contributed by atoms with van der Waals surface area (Å²) in [5, 5.41) is 21.1. The van der Waals surface area contributed by atoms with E-state index in [1.807, 2.05) is 0 Å². The molecule has 0 amide bonds. The zero-order chi connectivity index (χ0) is 59.5. The number of hydrogen-bond acceptors (Lipinski definition) is 2. The van der Waals surface area contributed by atoms with Crippen molar-refractivity contribution in [3.8, 4) is 33.6 Å². The van der Waals surface area contributed by atoms with Crippen molar-refractivity contribution in [2.24, 2.45) is 4.30 Å². The quantitative estimate of drug-likeness (QED) is 0.101. The van der Waals surface area contributed by atoms with Gasteiger partial charge >= 0.3 is 24.8 Å². The summed E-state index contributed by atoms with van der Waals surface area (Å²) in [6.07, 6.45) is 0. The summed E-state index contributed by atoms with van der Waals surface area (Å²) in [6, 6.07) is 92.3. The van der Waals surface area contributed by atoms with Crippen molar-refractivity contribution in [3.05, 3.63) is 275 Å². The van der Waals surface area contributed by atoms with Crippen molar-refractivity contribution in [3.63, 3.8) is 0 Å². The zero-order valence-corrected chi connectivity index (χ0v) is 50.5. The molecular formula is C79H57BBrFN3S. The van der Waals surface area contributed by atoms with E-state index in [1.165, 1.54) is 164 Å². The van der Waals surface area contributed by atoms with Crippen LogP contribution in [-0.2, 0) is 10.8 Å². The third-order valence-electron chi connectivity index (χ3n) is 18.7. The number of fused-ring (bicyclic) bond motifs is 24. The van der Waals surface area contributed by atoms with Gasteiger partial charge in [0.1, 0.15) is 0 Å². The van der Waals surface area contributed by atoms with Crippen LogP contribution in [0, 0.1) is 0 Å². The molecule has 0 fully saturated rings. The van der Waals surface area contributed by atoms with E-state index in [1.54, 1.807) is 0 Å². The van der Waals surface area contributed by atoms with Crippen LogP contribution in [0.3, 0.4) is 0 Å². The van der Waals surface area contributed by atoms with E-state index in [-0.39, 0.29) is 10.8 Å². The number of hydrogen-bond donors (Lipinski definition) is 1. The van der Waals surface area contributed by atoms with Gasteiger partial charge in [0.15, 0.2) is 0 Å². The molecule has 16 aromatic rings. The van der Waals surface area contributed by atoms with Crippen LogP contribution in [0.4, 0.5) is 4.39 Å². The first-order valence-electron chi connectivity index (χ1n) is 29.8. The Morgan fingerprint density at radius 1 is 0.349 bits per heavy atom. The molecular weight excluding hydrogens is 1130 g/mol. The van der Waals surface area contributed by atoms with Gasteiger partial charge in [-0.15, -0.1) is 0 Å². The van der Waals surface area contributed by atoms with Crippen molar-refractivity contribution in [2.45, 2.75) is 38.5 Å². The van der Waals surface area contributed by atoms with Crippen LogP contribution in [-0.4, -0.2) is 23.9 Å². The maximum absolute atomic E-state index is 9.96. The second kappa shape index (κ2) is 20.5. The first-order chi connectivity index (χ1) is 42.4. The predicted molar refractivity (Wildman–Crippen MR) is 374 cm³/mol. The van der Waals surface area contributed by atoms with Gasteiger partial charge in [-0.05, 0) is 206 Å². The molecule has 0 saturated heterocycles. The van der Waals surface area contributed by atoms with Gasteiger partial charge in [0, 0.05) is 48.2 Å². The Labute approximate surface area is 515 Å². The Morgan fingerprint density at radius 2 is 0.616 bits per heavy atom. The molecule has 411 valence electrons. The van der Waals surface area contributed by atoms with Crippen molar-refractivity contribution in [1.82, 2.24) is 9.13 Å². The fourth-order valence-corrected chi connectivity index (χ4v) is 15.3. The Kier molecular flexibility index (Phi) is 12.5. The number of halogens is 2. The predicted octanol–water partition coefficient (Wildman–Crippen LogP) is 22.6. The number of rotatable bonds is 2. The molecule has 0 aliphatic heterocycles. The molecule has 2 aliphatic carbocycles. The van der Waals surface area contributed by atoms with Crippen molar-refractivity contribution < 1.29 is 5.76 Å². The molecule has 2 aromatic heterocycles. The molecule has 0 saturated carbocycles. The van der Waals surface area contributed by atoms with E-state index in [0.29, 0.717) is 0 Å². The first-order valence-corrected chi connectivity index (χ1v) is 30.3. The van der Waals surface area contributed by atoms with Gasteiger partial charge in [0.2, 0.25) is 0 Å². The fourth-order valence-electron chi connectivity index (χ4n) is 14.9. The van der Waals surface area contributed by atoms with Crippen LogP contribution < -0.4 is 0 Å². The summed E-state index contributed by atoms with van der Waals surface area (Å²) in [5.74, 6) is 0. The fraction of sp³-hybridized carbons (Fsp3) is 0.0886. The molecule has 14 aromatic carbocycles. The van der Waals surface area contributed by atoms with E-state index < -0.39 is 7.15 Å². The topological polar surface area (TPSA) is 22.2 Å². The zero-order valence-electron chi connectivity index (χ0n) is 49.0. The van der Waals surface area contributed by atoms with Crippen LogP contribution >= 0.6 is 28.7 Å². The van der Waals surface area contributed by atoms with E-state index >= 15 is 0 Å². The average molecular weight is 1190 g/mol. The van der Waals surface area contributed by atoms with Gasteiger partial charge in [-0.2, -0.15) is 0 Å². The molecule has 0 unspecified atom stereocenters. The molecule has 7 heteroatoms. The van der Waals surface area contributed by atoms with Gasteiger partial charge < -0.3 is 9.13 Å². The number of para-hydroxylation sites is 3. The number of thiol groups is 1. The van der Waals surface area contributed by atoms with Gasteiger partial charge in [-0.25, -0.2) is 0 Å². The third-order valence-corrected chi connectivity index (χ3v) is 19.2. The summed E-state index contributed by atoms with van der Waals surface area (Å²) in [5.41, 5.74) is 18.2.